The molecule has 4 rings (SSSR count). The summed E-state index contributed by atoms with van der Waals surface area (Å²) in [5, 5.41) is 8.31. The molecule has 0 aliphatic heterocycles. The Balaban J connectivity index is 1.40. The first-order valence-electron chi connectivity index (χ1n) is 8.29. The second-order valence-electron chi connectivity index (χ2n) is 6.14. The largest absolute Gasteiger partial charge is 0.361 e. The fraction of sp³-hybridized carbons (Fsp3) is 0.100. The van der Waals surface area contributed by atoms with E-state index in [1.54, 1.807) is 6.20 Å². The third-order valence-electron chi connectivity index (χ3n) is 4.20. The average Bonchev–Trinajstić information content (AvgIpc) is 3.24. The number of nitrogens with one attached hydrogen (secondary N) is 2. The maximum Gasteiger partial charge on any atom is 0.228 e. The van der Waals surface area contributed by atoms with Crippen LogP contribution in [0.5, 0.6) is 0 Å². The van der Waals surface area contributed by atoms with E-state index in [0.29, 0.717) is 18.7 Å². The number of aromatic amines is 1. The number of rotatable bonds is 5. The van der Waals surface area contributed by atoms with Crippen LogP contribution in [0.15, 0.2) is 71.6 Å². The molecule has 0 fully saturated rings. The van der Waals surface area contributed by atoms with E-state index in [1.165, 1.54) is 0 Å². The third-order valence-corrected chi connectivity index (χ3v) is 4.73. The summed E-state index contributed by atoms with van der Waals surface area (Å²) in [7, 11) is 0. The molecule has 5 nitrogen and oxygen atoms in total. The number of carbonyl (C=O) groups excluding carboxylic acids is 1. The lowest BCUT2D eigenvalue weighted by atomic mass is 10.1. The Hall–Kier alpha value is -2.86. The fourth-order valence-electron chi connectivity index (χ4n) is 2.95. The van der Waals surface area contributed by atoms with Crippen LogP contribution in [0.1, 0.15) is 11.1 Å². The van der Waals surface area contributed by atoms with Crippen LogP contribution in [0, 0.1) is 0 Å². The van der Waals surface area contributed by atoms with Crippen molar-refractivity contribution in [3.05, 3.63) is 82.7 Å². The summed E-state index contributed by atoms with van der Waals surface area (Å²) < 4.78 is 2.86. The number of benzene rings is 2. The van der Waals surface area contributed by atoms with E-state index < -0.39 is 0 Å². The van der Waals surface area contributed by atoms with Gasteiger partial charge in [0.05, 0.1) is 24.8 Å². The van der Waals surface area contributed by atoms with Crippen LogP contribution in [0.2, 0.25) is 0 Å². The van der Waals surface area contributed by atoms with Gasteiger partial charge in [0.1, 0.15) is 0 Å². The van der Waals surface area contributed by atoms with Gasteiger partial charge < -0.3 is 10.3 Å². The predicted octanol–water partition coefficient (Wildman–Crippen LogP) is 4.36. The average molecular weight is 409 g/mol. The summed E-state index contributed by atoms with van der Waals surface area (Å²) in [5.74, 6) is -0.0575. The molecule has 4 aromatic rings. The van der Waals surface area contributed by atoms with Gasteiger partial charge in [0.25, 0.3) is 0 Å². The number of amides is 1. The number of fused-ring (bicyclic) bond motifs is 1. The fourth-order valence-corrected chi connectivity index (χ4v) is 3.21. The number of halogens is 1. The minimum Gasteiger partial charge on any atom is -0.361 e. The molecule has 0 radical (unpaired) electrons. The van der Waals surface area contributed by atoms with E-state index in [-0.39, 0.29) is 5.91 Å². The van der Waals surface area contributed by atoms with Gasteiger partial charge in [-0.25, -0.2) is 0 Å². The molecule has 1 amide bonds. The summed E-state index contributed by atoms with van der Waals surface area (Å²) in [6.07, 6.45) is 5.73. The number of para-hydroxylation sites is 1. The molecule has 130 valence electrons. The van der Waals surface area contributed by atoms with Gasteiger partial charge in [0.2, 0.25) is 5.91 Å². The summed E-state index contributed by atoms with van der Waals surface area (Å²) in [4.78, 5) is 15.6. The van der Waals surface area contributed by atoms with Crippen LogP contribution < -0.4 is 5.32 Å². The maximum atomic E-state index is 12.4. The quantitative estimate of drug-likeness (QED) is 0.515. The van der Waals surface area contributed by atoms with E-state index >= 15 is 0 Å². The summed E-state index contributed by atoms with van der Waals surface area (Å²) >= 11 is 3.43. The zero-order chi connectivity index (χ0) is 17.9. The molecule has 0 aliphatic carbocycles. The SMILES string of the molecule is O=C(Cc1c[nH]c2ccccc12)Nc1cnn(Cc2ccc(Br)cc2)c1. The number of anilines is 1. The standard InChI is InChI=1S/C20H17BrN4O/c21-16-7-5-14(6-8-16)12-25-13-17(11-23-25)24-20(26)9-15-10-22-19-4-2-1-3-18(15)19/h1-8,10-11,13,22H,9,12H2,(H,24,26). The number of aromatic nitrogens is 3. The zero-order valence-corrected chi connectivity index (χ0v) is 15.5. The molecule has 0 atom stereocenters. The monoisotopic (exact) mass is 408 g/mol. The van der Waals surface area contributed by atoms with Gasteiger partial charge in [-0.1, -0.05) is 46.3 Å². The molecule has 2 N–H and O–H groups in total. The highest BCUT2D eigenvalue weighted by Crippen LogP contribution is 2.19. The summed E-state index contributed by atoms with van der Waals surface area (Å²) in [6.45, 7) is 0.658. The lowest BCUT2D eigenvalue weighted by molar-refractivity contribution is -0.115. The van der Waals surface area contributed by atoms with E-state index in [2.05, 4.69) is 31.3 Å². The lowest BCUT2D eigenvalue weighted by Crippen LogP contribution is -2.13. The lowest BCUT2D eigenvalue weighted by Gasteiger charge is -2.03. The minimum atomic E-state index is -0.0575. The third kappa shape index (κ3) is 3.70. The highest BCUT2D eigenvalue weighted by atomic mass is 79.9. The minimum absolute atomic E-state index is 0.0575. The second kappa shape index (κ2) is 7.17. The van der Waals surface area contributed by atoms with Gasteiger partial charge in [-0.05, 0) is 29.3 Å². The molecule has 0 saturated heterocycles. The van der Waals surface area contributed by atoms with Crippen LogP contribution >= 0.6 is 15.9 Å². The van der Waals surface area contributed by atoms with E-state index in [9.17, 15) is 4.79 Å². The van der Waals surface area contributed by atoms with Gasteiger partial charge in [0.15, 0.2) is 0 Å². The first kappa shape index (κ1) is 16.6. The van der Waals surface area contributed by atoms with Crippen LogP contribution in [-0.2, 0) is 17.8 Å². The number of nitrogens with zero attached hydrogens (tertiary/aromatic N) is 2. The first-order valence-corrected chi connectivity index (χ1v) is 9.08. The predicted molar refractivity (Wildman–Crippen MR) is 106 cm³/mol. The van der Waals surface area contributed by atoms with Gasteiger partial charge in [-0.3, -0.25) is 9.48 Å². The van der Waals surface area contributed by atoms with Gasteiger partial charge in [0, 0.05) is 27.8 Å². The smallest absolute Gasteiger partial charge is 0.228 e. The van der Waals surface area contributed by atoms with E-state index in [0.717, 1.165) is 26.5 Å². The number of carbonyl (C=O) groups is 1. The number of H-pyrrole nitrogens is 1. The van der Waals surface area contributed by atoms with Crippen LogP contribution in [0.4, 0.5) is 5.69 Å². The van der Waals surface area contributed by atoms with Crippen LogP contribution in [0.25, 0.3) is 10.9 Å². The Morgan fingerprint density at radius 1 is 1.15 bits per heavy atom. The molecule has 0 unspecified atom stereocenters. The topological polar surface area (TPSA) is 62.7 Å². The van der Waals surface area contributed by atoms with Crippen molar-refractivity contribution in [1.82, 2.24) is 14.8 Å². The molecule has 2 heterocycles. The van der Waals surface area contributed by atoms with Crippen molar-refractivity contribution in [2.24, 2.45) is 0 Å². The normalized spacial score (nSPS) is 11.0. The molecule has 0 aliphatic rings. The van der Waals surface area contributed by atoms with Crippen molar-refractivity contribution in [3.8, 4) is 0 Å². The molecule has 2 aromatic carbocycles. The maximum absolute atomic E-state index is 12.4. The van der Waals surface area contributed by atoms with Crippen LogP contribution in [-0.4, -0.2) is 20.7 Å². The van der Waals surface area contributed by atoms with Crippen molar-refractivity contribution in [1.29, 1.82) is 0 Å². The number of hydrogen-bond donors (Lipinski definition) is 2. The van der Waals surface area contributed by atoms with E-state index in [4.69, 9.17) is 0 Å². The Bertz CT molecular complexity index is 1050. The zero-order valence-electron chi connectivity index (χ0n) is 13.9. The van der Waals surface area contributed by atoms with Gasteiger partial charge >= 0.3 is 0 Å². The van der Waals surface area contributed by atoms with Crippen molar-refractivity contribution in [2.45, 2.75) is 13.0 Å². The van der Waals surface area contributed by atoms with Crippen LogP contribution in [0.3, 0.4) is 0 Å². The molecule has 0 bridgehead atoms. The molecular weight excluding hydrogens is 392 g/mol. The molecule has 6 heteroatoms. The Kier molecular flexibility index (Phi) is 4.58. The number of hydrogen-bond acceptors (Lipinski definition) is 2. The molecular formula is C20H17BrN4O. The first-order chi connectivity index (χ1) is 12.7. The van der Waals surface area contributed by atoms with E-state index in [1.807, 2.05) is 65.6 Å². The van der Waals surface area contributed by atoms with Crippen molar-refractivity contribution < 1.29 is 4.79 Å². The summed E-state index contributed by atoms with van der Waals surface area (Å²) in [5.41, 5.74) is 3.87. The molecule has 26 heavy (non-hydrogen) atoms. The summed E-state index contributed by atoms with van der Waals surface area (Å²) in [6, 6.07) is 16.1. The highest BCUT2D eigenvalue weighted by molar-refractivity contribution is 9.10. The van der Waals surface area contributed by atoms with Crippen molar-refractivity contribution in [2.75, 3.05) is 5.32 Å². The molecule has 2 aromatic heterocycles. The van der Waals surface area contributed by atoms with Crippen molar-refractivity contribution in [3.63, 3.8) is 0 Å². The highest BCUT2D eigenvalue weighted by Gasteiger charge is 2.10. The molecule has 0 saturated carbocycles. The van der Waals surface area contributed by atoms with Crippen molar-refractivity contribution >= 4 is 38.4 Å². The Morgan fingerprint density at radius 2 is 1.96 bits per heavy atom. The van der Waals surface area contributed by atoms with Gasteiger partial charge in [-0.15, -0.1) is 0 Å². The van der Waals surface area contributed by atoms with Gasteiger partial charge in [-0.2, -0.15) is 5.10 Å². The molecule has 0 spiro atoms. The Morgan fingerprint density at radius 3 is 2.81 bits per heavy atom. The second-order valence-corrected chi connectivity index (χ2v) is 7.05. The Labute approximate surface area is 159 Å².